The molecule has 9 nitrogen and oxygen atoms in total. The summed E-state index contributed by atoms with van der Waals surface area (Å²) < 4.78 is 27.6. The first kappa shape index (κ1) is 29.9. The summed E-state index contributed by atoms with van der Waals surface area (Å²) in [6, 6.07) is 0. The van der Waals surface area contributed by atoms with Crippen LogP contribution in [-0.2, 0) is 42.9 Å². The van der Waals surface area contributed by atoms with E-state index >= 15 is 0 Å². The molecule has 1 aliphatic heterocycles. The summed E-state index contributed by atoms with van der Waals surface area (Å²) in [6.07, 6.45) is 3.76. The molecule has 0 saturated heterocycles. The fraction of sp³-hybridized carbons (Fsp3) is 0.571. The maximum absolute atomic E-state index is 12.0. The molecule has 204 valence electrons. The summed E-state index contributed by atoms with van der Waals surface area (Å²) in [4.78, 5) is 46.7. The van der Waals surface area contributed by atoms with Crippen LogP contribution < -0.4 is 0 Å². The normalized spacial score (nSPS) is 25.1. The molecule has 0 amide bonds. The lowest BCUT2D eigenvalue weighted by atomic mass is 9.74. The Morgan fingerprint density at radius 1 is 0.946 bits per heavy atom. The second-order valence-corrected chi connectivity index (χ2v) is 9.52. The van der Waals surface area contributed by atoms with Crippen LogP contribution in [0.2, 0.25) is 0 Å². The van der Waals surface area contributed by atoms with E-state index in [9.17, 15) is 19.2 Å². The number of ether oxygens (including phenoxy) is 5. The minimum atomic E-state index is -0.892. The van der Waals surface area contributed by atoms with Crippen molar-refractivity contribution in [2.75, 3.05) is 6.61 Å². The van der Waals surface area contributed by atoms with Crippen molar-refractivity contribution in [3.05, 3.63) is 47.8 Å². The minimum Gasteiger partial charge on any atom is -0.462 e. The molecule has 0 radical (unpaired) electrons. The van der Waals surface area contributed by atoms with E-state index in [1.165, 1.54) is 34.0 Å². The van der Waals surface area contributed by atoms with Gasteiger partial charge in [-0.05, 0) is 43.8 Å². The van der Waals surface area contributed by atoms with Gasteiger partial charge in [0, 0.05) is 45.6 Å². The fourth-order valence-electron chi connectivity index (χ4n) is 4.68. The molecular weight excluding hydrogens is 480 g/mol. The molecule has 0 aromatic rings. The molecule has 1 fully saturated rings. The van der Waals surface area contributed by atoms with E-state index in [-0.39, 0.29) is 24.5 Å². The number of fused-ring (bicyclic) bond motifs is 1. The van der Waals surface area contributed by atoms with E-state index in [1.807, 2.05) is 13.0 Å². The average Bonchev–Trinajstić information content (AvgIpc) is 2.85. The first-order valence-corrected chi connectivity index (χ1v) is 12.4. The second kappa shape index (κ2) is 13.8. The van der Waals surface area contributed by atoms with Crippen LogP contribution in [0.15, 0.2) is 47.8 Å². The zero-order valence-corrected chi connectivity index (χ0v) is 22.4. The Morgan fingerprint density at radius 3 is 2.19 bits per heavy atom. The van der Waals surface area contributed by atoms with Crippen molar-refractivity contribution in [2.45, 2.75) is 85.2 Å². The van der Waals surface area contributed by atoms with E-state index in [0.717, 1.165) is 22.3 Å². The fourth-order valence-corrected chi connectivity index (χ4v) is 4.68. The van der Waals surface area contributed by atoms with Gasteiger partial charge in [0.2, 0.25) is 6.29 Å². The molecular formula is C28H38O9. The zero-order chi connectivity index (χ0) is 27.7. The van der Waals surface area contributed by atoms with Crippen LogP contribution in [0, 0.1) is 11.8 Å². The van der Waals surface area contributed by atoms with Crippen LogP contribution in [0.4, 0.5) is 0 Å². The van der Waals surface area contributed by atoms with Crippen molar-refractivity contribution < 1.29 is 42.9 Å². The molecule has 37 heavy (non-hydrogen) atoms. The van der Waals surface area contributed by atoms with Crippen LogP contribution in [0.1, 0.15) is 66.7 Å². The highest BCUT2D eigenvalue weighted by Crippen LogP contribution is 2.44. The molecule has 0 aromatic heterocycles. The predicted octanol–water partition coefficient (Wildman–Crippen LogP) is 4.47. The topological polar surface area (TPSA) is 114 Å². The van der Waals surface area contributed by atoms with Gasteiger partial charge in [0.1, 0.15) is 18.8 Å². The van der Waals surface area contributed by atoms with Gasteiger partial charge in [-0.25, -0.2) is 0 Å². The summed E-state index contributed by atoms with van der Waals surface area (Å²) in [5, 5.41) is 0. The summed E-state index contributed by atoms with van der Waals surface area (Å²) in [6.45, 7) is 15.7. The predicted molar refractivity (Wildman–Crippen MR) is 135 cm³/mol. The first-order valence-electron chi connectivity index (χ1n) is 12.4. The van der Waals surface area contributed by atoms with Crippen molar-refractivity contribution in [3.8, 4) is 0 Å². The van der Waals surface area contributed by atoms with Gasteiger partial charge in [0.05, 0.1) is 12.2 Å². The Bertz CT molecular complexity index is 974. The molecule has 0 unspecified atom stereocenters. The monoisotopic (exact) mass is 518 g/mol. The van der Waals surface area contributed by atoms with Crippen LogP contribution >= 0.6 is 0 Å². The molecule has 0 bridgehead atoms. The molecule has 2 aliphatic rings. The second-order valence-electron chi connectivity index (χ2n) is 9.52. The third kappa shape index (κ3) is 9.22. The third-order valence-corrected chi connectivity index (χ3v) is 6.38. The van der Waals surface area contributed by atoms with Gasteiger partial charge in [-0.15, -0.1) is 0 Å². The Hall–Kier alpha value is -3.36. The van der Waals surface area contributed by atoms with Crippen LogP contribution in [-0.4, -0.2) is 49.0 Å². The van der Waals surface area contributed by atoms with Gasteiger partial charge in [-0.3, -0.25) is 19.2 Å². The Labute approximate surface area is 218 Å². The van der Waals surface area contributed by atoms with Gasteiger partial charge in [0.15, 0.2) is 0 Å². The van der Waals surface area contributed by atoms with E-state index in [0.29, 0.717) is 32.1 Å². The van der Waals surface area contributed by atoms with Crippen molar-refractivity contribution in [3.63, 3.8) is 0 Å². The molecule has 0 spiro atoms. The number of carbonyl (C=O) groups excluding carboxylic acids is 4. The summed E-state index contributed by atoms with van der Waals surface area (Å²) >= 11 is 0. The summed E-state index contributed by atoms with van der Waals surface area (Å²) in [5.74, 6) is -2.38. The van der Waals surface area contributed by atoms with Crippen molar-refractivity contribution in [2.24, 2.45) is 11.8 Å². The highest BCUT2D eigenvalue weighted by molar-refractivity contribution is 5.67. The lowest BCUT2D eigenvalue weighted by molar-refractivity contribution is -0.181. The number of hydrogen-bond acceptors (Lipinski definition) is 9. The Kier molecular flexibility index (Phi) is 11.1. The summed E-state index contributed by atoms with van der Waals surface area (Å²) in [5.41, 5.74) is 3.08. The Morgan fingerprint density at radius 2 is 1.59 bits per heavy atom. The molecule has 5 atom stereocenters. The molecule has 1 aliphatic carbocycles. The van der Waals surface area contributed by atoms with E-state index in [1.54, 1.807) is 0 Å². The highest BCUT2D eigenvalue weighted by Gasteiger charge is 2.43. The molecule has 1 saturated carbocycles. The van der Waals surface area contributed by atoms with Gasteiger partial charge < -0.3 is 23.7 Å². The summed E-state index contributed by atoms with van der Waals surface area (Å²) in [7, 11) is 0. The van der Waals surface area contributed by atoms with Gasteiger partial charge >= 0.3 is 23.9 Å². The number of carbonyl (C=O) groups is 4. The third-order valence-electron chi connectivity index (χ3n) is 6.38. The number of rotatable bonds is 8. The van der Waals surface area contributed by atoms with Crippen LogP contribution in [0.3, 0.4) is 0 Å². The standard InChI is InChI=1S/C28H38O9/c1-16(14-33-19(4)29)8-12-26(36-21(6)31)24-15-34-28(37-22(7)32)27-18(3)10-13-25(35-20(5)30)17(2)9-11-23(24)27/h8,15,23,25-28H,2-3,9-14H2,1,4-7H3/b16-8+/t23-,25+,26+,27+,28-/m1/s1. The van der Waals surface area contributed by atoms with E-state index < -0.39 is 36.4 Å². The maximum Gasteiger partial charge on any atom is 0.305 e. The van der Waals surface area contributed by atoms with Crippen molar-refractivity contribution >= 4 is 23.9 Å². The molecule has 1 heterocycles. The zero-order valence-electron chi connectivity index (χ0n) is 22.4. The lowest BCUT2D eigenvalue weighted by Gasteiger charge is -2.40. The molecule has 0 N–H and O–H groups in total. The smallest absolute Gasteiger partial charge is 0.305 e. The van der Waals surface area contributed by atoms with Gasteiger partial charge in [-0.2, -0.15) is 0 Å². The number of esters is 4. The van der Waals surface area contributed by atoms with Crippen molar-refractivity contribution in [1.82, 2.24) is 0 Å². The maximum atomic E-state index is 12.0. The van der Waals surface area contributed by atoms with Crippen LogP contribution in [0.5, 0.6) is 0 Å². The lowest BCUT2D eigenvalue weighted by Crippen LogP contribution is -2.41. The molecule has 0 aromatic carbocycles. The molecule has 9 heteroatoms. The van der Waals surface area contributed by atoms with E-state index in [4.69, 9.17) is 23.7 Å². The minimum absolute atomic E-state index is 0.131. The van der Waals surface area contributed by atoms with Crippen LogP contribution in [0.25, 0.3) is 0 Å². The van der Waals surface area contributed by atoms with Gasteiger partial charge in [0.25, 0.3) is 0 Å². The average molecular weight is 519 g/mol. The quantitative estimate of drug-likeness (QED) is 0.261. The Balaban J connectivity index is 2.43. The number of hydrogen-bond donors (Lipinski definition) is 0. The highest BCUT2D eigenvalue weighted by atomic mass is 16.7. The van der Waals surface area contributed by atoms with Crippen molar-refractivity contribution in [1.29, 1.82) is 0 Å². The SMILES string of the molecule is C=C1CC[C@H](OC(C)=O)C(=C)CC[C@@H]2C([C@H](C/C=C(\C)COC(C)=O)OC(C)=O)=CO[C@H](OC(C)=O)[C@@H]12. The first-order chi connectivity index (χ1) is 17.4. The molecule has 2 rings (SSSR count). The van der Waals surface area contributed by atoms with E-state index in [2.05, 4.69) is 13.2 Å². The van der Waals surface area contributed by atoms with Gasteiger partial charge in [-0.1, -0.05) is 24.8 Å². The largest absolute Gasteiger partial charge is 0.462 e.